The second kappa shape index (κ2) is 10.6. The van der Waals surface area contributed by atoms with Crippen LogP contribution in [-0.4, -0.2) is 57.1 Å². The number of methoxy groups -OCH3 is 1. The van der Waals surface area contributed by atoms with E-state index in [9.17, 15) is 17.6 Å². The maximum atomic E-state index is 14.6. The van der Waals surface area contributed by atoms with Gasteiger partial charge in [-0.3, -0.25) is 0 Å². The van der Waals surface area contributed by atoms with Crippen molar-refractivity contribution in [1.29, 1.82) is 0 Å². The quantitative estimate of drug-likeness (QED) is 0.336. The van der Waals surface area contributed by atoms with Crippen LogP contribution >= 0.6 is 0 Å². The van der Waals surface area contributed by atoms with Gasteiger partial charge in [0.05, 0.1) is 24.9 Å². The maximum Gasteiger partial charge on any atom is 0.333 e. The van der Waals surface area contributed by atoms with Crippen molar-refractivity contribution in [3.05, 3.63) is 60.9 Å². The zero-order chi connectivity index (χ0) is 26.8. The molecule has 4 heterocycles. The number of alkyl halides is 3. The number of benzene rings is 1. The summed E-state index contributed by atoms with van der Waals surface area (Å²) in [7, 11) is 1.43. The molecule has 0 saturated carbocycles. The highest BCUT2D eigenvalue weighted by Gasteiger charge is 2.28. The maximum absolute atomic E-state index is 14.6. The number of ether oxygens (including phenoxy) is 1. The average molecular weight is 529 g/mol. The Kier molecular flexibility index (Phi) is 7.09. The number of aromatic nitrogens is 5. The fourth-order valence-corrected chi connectivity index (χ4v) is 4.32. The van der Waals surface area contributed by atoms with Gasteiger partial charge in [0.25, 0.3) is 0 Å². The SMILES string of the molecule is COc1cccc(F)c1-c1nccc(Nc2cc(N3CC[C@@H](F)[C@H](N)C3)c(-c3cnn(C(F)F)c3)cn2)n1. The van der Waals surface area contributed by atoms with Crippen LogP contribution in [0.4, 0.5) is 34.9 Å². The van der Waals surface area contributed by atoms with Gasteiger partial charge < -0.3 is 20.7 Å². The van der Waals surface area contributed by atoms with Crippen molar-refractivity contribution < 1.29 is 22.3 Å². The predicted octanol–water partition coefficient (Wildman–Crippen LogP) is 4.56. The molecular formula is C25H24F4N8O. The van der Waals surface area contributed by atoms with Gasteiger partial charge in [-0.05, 0) is 24.6 Å². The molecule has 1 saturated heterocycles. The molecule has 38 heavy (non-hydrogen) atoms. The van der Waals surface area contributed by atoms with Crippen molar-refractivity contribution in [2.75, 3.05) is 30.4 Å². The van der Waals surface area contributed by atoms with Crippen LogP contribution in [0.1, 0.15) is 13.0 Å². The number of halogens is 4. The number of anilines is 3. The highest BCUT2D eigenvalue weighted by Crippen LogP contribution is 2.35. The van der Waals surface area contributed by atoms with Crippen LogP contribution in [0, 0.1) is 5.82 Å². The lowest BCUT2D eigenvalue weighted by Gasteiger charge is -2.35. The summed E-state index contributed by atoms with van der Waals surface area (Å²) < 4.78 is 60.7. The summed E-state index contributed by atoms with van der Waals surface area (Å²) >= 11 is 0. The summed E-state index contributed by atoms with van der Waals surface area (Å²) in [5, 5.41) is 6.79. The minimum atomic E-state index is -2.79. The number of hydrogen-bond acceptors (Lipinski definition) is 8. The molecule has 5 rings (SSSR count). The van der Waals surface area contributed by atoms with Crippen molar-refractivity contribution >= 4 is 17.3 Å². The van der Waals surface area contributed by atoms with Crippen molar-refractivity contribution in [2.45, 2.75) is 25.2 Å². The van der Waals surface area contributed by atoms with E-state index >= 15 is 0 Å². The van der Waals surface area contributed by atoms with E-state index in [4.69, 9.17) is 10.5 Å². The van der Waals surface area contributed by atoms with Crippen LogP contribution in [0.5, 0.6) is 5.75 Å². The van der Waals surface area contributed by atoms with Crippen LogP contribution in [0.15, 0.2) is 55.1 Å². The molecule has 4 aromatic rings. The van der Waals surface area contributed by atoms with E-state index in [1.54, 1.807) is 18.2 Å². The van der Waals surface area contributed by atoms with Crippen molar-refractivity contribution in [1.82, 2.24) is 24.7 Å². The van der Waals surface area contributed by atoms with E-state index < -0.39 is 24.6 Å². The first-order valence-electron chi connectivity index (χ1n) is 11.7. The van der Waals surface area contributed by atoms with Gasteiger partial charge in [-0.1, -0.05) is 6.07 Å². The Bertz CT molecular complexity index is 1430. The summed E-state index contributed by atoms with van der Waals surface area (Å²) in [6.07, 6.45) is 4.61. The lowest BCUT2D eigenvalue weighted by molar-refractivity contribution is 0.0566. The number of hydrogen-bond donors (Lipinski definition) is 2. The van der Waals surface area contributed by atoms with Crippen LogP contribution in [0.2, 0.25) is 0 Å². The second-order valence-electron chi connectivity index (χ2n) is 8.70. The van der Waals surface area contributed by atoms with E-state index in [2.05, 4.69) is 25.4 Å². The van der Waals surface area contributed by atoms with Gasteiger partial charge in [0.15, 0.2) is 5.82 Å². The standard InChI is InChI=1S/C25H24F4N8O/c1-38-20-4-2-3-17(27)23(20)24-31-7-5-21(35-24)34-22-9-19(36-8-6-16(26)18(30)13-36)15(11-32-22)14-10-33-37(12-14)25(28)29/h2-5,7,9-12,16,18,25H,6,8,13,30H2,1H3,(H,31,32,34,35)/t16-,18-/m1/s1. The molecule has 3 aromatic heterocycles. The number of rotatable bonds is 7. The molecule has 1 fully saturated rings. The first-order valence-corrected chi connectivity index (χ1v) is 11.7. The molecule has 0 spiro atoms. The van der Waals surface area contributed by atoms with Crippen LogP contribution in [-0.2, 0) is 0 Å². The zero-order valence-corrected chi connectivity index (χ0v) is 20.2. The lowest BCUT2D eigenvalue weighted by Crippen LogP contribution is -2.49. The normalized spacial score (nSPS) is 17.6. The Morgan fingerprint density at radius 1 is 1.16 bits per heavy atom. The van der Waals surface area contributed by atoms with E-state index in [-0.39, 0.29) is 30.1 Å². The summed E-state index contributed by atoms with van der Waals surface area (Å²) in [5.74, 6) is 0.548. The van der Waals surface area contributed by atoms with Gasteiger partial charge >= 0.3 is 6.55 Å². The number of piperidine rings is 1. The molecule has 0 bridgehead atoms. The number of nitrogens with two attached hydrogens (primary N) is 1. The minimum Gasteiger partial charge on any atom is -0.496 e. The van der Waals surface area contributed by atoms with E-state index in [0.717, 1.165) is 0 Å². The zero-order valence-electron chi connectivity index (χ0n) is 20.2. The highest BCUT2D eigenvalue weighted by atomic mass is 19.3. The lowest BCUT2D eigenvalue weighted by atomic mass is 10.0. The number of nitrogens with one attached hydrogen (secondary N) is 1. The third-order valence-corrected chi connectivity index (χ3v) is 6.24. The highest BCUT2D eigenvalue weighted by molar-refractivity contribution is 5.80. The average Bonchev–Trinajstić information content (AvgIpc) is 3.41. The van der Waals surface area contributed by atoms with Crippen molar-refractivity contribution in [2.24, 2.45) is 5.73 Å². The van der Waals surface area contributed by atoms with Crippen LogP contribution in [0.25, 0.3) is 22.5 Å². The Labute approximate surface area is 215 Å². The summed E-state index contributed by atoms with van der Waals surface area (Å²) in [6.45, 7) is -2.19. The predicted molar refractivity (Wildman–Crippen MR) is 134 cm³/mol. The molecular weight excluding hydrogens is 504 g/mol. The molecule has 9 nitrogen and oxygen atoms in total. The summed E-state index contributed by atoms with van der Waals surface area (Å²) in [4.78, 5) is 14.9. The van der Waals surface area contributed by atoms with E-state index in [1.165, 1.54) is 44.0 Å². The fraction of sp³-hybridized carbons (Fsp3) is 0.280. The third kappa shape index (κ3) is 5.09. The Hall–Kier alpha value is -4.26. The van der Waals surface area contributed by atoms with Gasteiger partial charge in [0, 0.05) is 54.6 Å². The Balaban J connectivity index is 1.50. The van der Waals surface area contributed by atoms with Crippen LogP contribution < -0.4 is 20.7 Å². The van der Waals surface area contributed by atoms with Gasteiger partial charge in [-0.25, -0.2) is 28.4 Å². The number of pyridine rings is 1. The molecule has 0 radical (unpaired) electrons. The first-order chi connectivity index (χ1) is 18.3. The monoisotopic (exact) mass is 528 g/mol. The molecule has 3 N–H and O–H groups in total. The Morgan fingerprint density at radius 3 is 2.74 bits per heavy atom. The van der Waals surface area contributed by atoms with Gasteiger partial charge in [-0.15, -0.1) is 0 Å². The van der Waals surface area contributed by atoms with Gasteiger partial charge in [0.1, 0.15) is 29.4 Å². The molecule has 2 atom stereocenters. The molecule has 1 aliphatic rings. The minimum absolute atomic E-state index is 0.109. The molecule has 1 aromatic carbocycles. The fourth-order valence-electron chi connectivity index (χ4n) is 4.32. The van der Waals surface area contributed by atoms with Crippen molar-refractivity contribution in [3.8, 4) is 28.3 Å². The summed E-state index contributed by atoms with van der Waals surface area (Å²) in [6, 6.07) is 7.00. The summed E-state index contributed by atoms with van der Waals surface area (Å²) in [5.41, 5.74) is 7.67. The molecule has 0 aliphatic carbocycles. The smallest absolute Gasteiger partial charge is 0.333 e. The molecule has 0 unspecified atom stereocenters. The molecule has 0 amide bonds. The molecule has 198 valence electrons. The Morgan fingerprint density at radius 2 is 2.00 bits per heavy atom. The van der Waals surface area contributed by atoms with Gasteiger partial charge in [0.2, 0.25) is 0 Å². The van der Waals surface area contributed by atoms with E-state index in [1.807, 2.05) is 4.90 Å². The third-order valence-electron chi connectivity index (χ3n) is 6.24. The topological polar surface area (TPSA) is 107 Å². The largest absolute Gasteiger partial charge is 0.496 e. The second-order valence-corrected chi connectivity index (χ2v) is 8.70. The van der Waals surface area contributed by atoms with Crippen molar-refractivity contribution in [3.63, 3.8) is 0 Å². The van der Waals surface area contributed by atoms with Gasteiger partial charge in [-0.2, -0.15) is 13.9 Å². The van der Waals surface area contributed by atoms with E-state index in [0.29, 0.717) is 39.7 Å². The van der Waals surface area contributed by atoms with Crippen LogP contribution in [0.3, 0.4) is 0 Å². The number of nitrogens with zero attached hydrogens (tertiary/aromatic N) is 6. The molecule has 1 aliphatic heterocycles. The first kappa shape index (κ1) is 25.4. The molecule has 13 heteroatoms.